The standard InChI is InChI=1S/C20H22N2O5S/c21-28(24,25)16-6-1-13(2-7-16)11-19(23)22-20(14-3-4-14)15-5-8-17-18(12-15)27-10-9-26-17/h1-2,5-8,12,14,20H,3-4,9-11H2,(H,22,23)(H2,21,24,25). The van der Waals surface area contributed by atoms with Crippen molar-refractivity contribution in [3.8, 4) is 11.5 Å². The summed E-state index contributed by atoms with van der Waals surface area (Å²) in [5.74, 6) is 1.74. The molecule has 2 aromatic rings. The van der Waals surface area contributed by atoms with E-state index in [9.17, 15) is 13.2 Å². The highest BCUT2D eigenvalue weighted by atomic mass is 32.2. The van der Waals surface area contributed by atoms with Crippen molar-refractivity contribution in [3.63, 3.8) is 0 Å². The average Bonchev–Trinajstić information content (AvgIpc) is 3.50. The Kier molecular flexibility index (Phi) is 4.99. The first kappa shape index (κ1) is 18.8. The van der Waals surface area contributed by atoms with E-state index < -0.39 is 10.0 Å². The van der Waals surface area contributed by atoms with Crippen LogP contribution >= 0.6 is 0 Å². The Morgan fingerprint density at radius 3 is 2.39 bits per heavy atom. The number of rotatable bonds is 6. The van der Waals surface area contributed by atoms with E-state index >= 15 is 0 Å². The third-order valence-electron chi connectivity index (χ3n) is 4.95. The Morgan fingerprint density at radius 2 is 1.75 bits per heavy atom. The number of amides is 1. The number of benzene rings is 2. The number of carbonyl (C=O) groups is 1. The molecule has 7 nitrogen and oxygen atoms in total. The molecule has 1 unspecified atom stereocenters. The van der Waals surface area contributed by atoms with Crippen LogP contribution in [0.4, 0.5) is 0 Å². The molecule has 8 heteroatoms. The SMILES string of the molecule is NS(=O)(=O)c1ccc(CC(=O)NC(c2ccc3c(c2)OCCO3)C2CC2)cc1. The monoisotopic (exact) mass is 402 g/mol. The fourth-order valence-electron chi connectivity index (χ4n) is 3.36. The van der Waals surface area contributed by atoms with Gasteiger partial charge in [-0.3, -0.25) is 4.79 Å². The lowest BCUT2D eigenvalue weighted by molar-refractivity contribution is -0.121. The summed E-state index contributed by atoms with van der Waals surface area (Å²) in [6.07, 6.45) is 2.31. The number of carbonyl (C=O) groups excluding carboxylic acids is 1. The summed E-state index contributed by atoms with van der Waals surface area (Å²) in [6, 6.07) is 11.8. The first-order valence-electron chi connectivity index (χ1n) is 9.21. The van der Waals surface area contributed by atoms with Gasteiger partial charge >= 0.3 is 0 Å². The van der Waals surface area contributed by atoms with Crippen molar-refractivity contribution < 1.29 is 22.7 Å². The molecule has 1 heterocycles. The van der Waals surface area contributed by atoms with Gasteiger partial charge in [0.25, 0.3) is 0 Å². The molecule has 1 saturated carbocycles. The molecule has 2 aromatic carbocycles. The summed E-state index contributed by atoms with van der Waals surface area (Å²) in [4.78, 5) is 12.6. The Labute approximate surface area is 163 Å². The minimum Gasteiger partial charge on any atom is -0.486 e. The minimum absolute atomic E-state index is 0.0313. The molecular formula is C20H22N2O5S. The molecule has 2 aliphatic rings. The molecular weight excluding hydrogens is 380 g/mol. The topological polar surface area (TPSA) is 108 Å². The Bertz CT molecular complexity index is 984. The molecule has 1 fully saturated rings. The summed E-state index contributed by atoms with van der Waals surface area (Å²) < 4.78 is 33.9. The molecule has 148 valence electrons. The van der Waals surface area contributed by atoms with Crippen LogP contribution in [0.25, 0.3) is 0 Å². The van der Waals surface area contributed by atoms with Crippen molar-refractivity contribution in [2.45, 2.75) is 30.2 Å². The van der Waals surface area contributed by atoms with Crippen LogP contribution in [0.5, 0.6) is 11.5 Å². The van der Waals surface area contributed by atoms with Gasteiger partial charge in [0.15, 0.2) is 11.5 Å². The van der Waals surface area contributed by atoms with Gasteiger partial charge in [-0.25, -0.2) is 13.6 Å². The van der Waals surface area contributed by atoms with Crippen LogP contribution in [0.3, 0.4) is 0 Å². The van der Waals surface area contributed by atoms with Crippen LogP contribution in [0.2, 0.25) is 0 Å². The second-order valence-corrected chi connectivity index (χ2v) is 8.71. The van der Waals surface area contributed by atoms with Gasteiger partial charge in [-0.2, -0.15) is 0 Å². The predicted molar refractivity (Wildman–Crippen MR) is 103 cm³/mol. The molecule has 28 heavy (non-hydrogen) atoms. The van der Waals surface area contributed by atoms with Crippen LogP contribution in [-0.4, -0.2) is 27.5 Å². The second kappa shape index (κ2) is 7.44. The highest BCUT2D eigenvalue weighted by Crippen LogP contribution is 2.43. The Hall–Kier alpha value is -2.58. The summed E-state index contributed by atoms with van der Waals surface area (Å²) in [7, 11) is -3.74. The second-order valence-electron chi connectivity index (χ2n) is 7.15. The quantitative estimate of drug-likeness (QED) is 0.767. The molecule has 0 spiro atoms. The molecule has 0 bridgehead atoms. The van der Waals surface area contributed by atoms with E-state index in [0.717, 1.165) is 29.7 Å². The van der Waals surface area contributed by atoms with Crippen molar-refractivity contribution in [2.24, 2.45) is 11.1 Å². The highest BCUT2D eigenvalue weighted by molar-refractivity contribution is 7.89. The Morgan fingerprint density at radius 1 is 1.07 bits per heavy atom. The van der Waals surface area contributed by atoms with Crippen LogP contribution in [0.1, 0.15) is 30.0 Å². The third-order valence-corrected chi connectivity index (χ3v) is 5.88. The van der Waals surface area contributed by atoms with E-state index in [0.29, 0.717) is 24.9 Å². The predicted octanol–water partition coefficient (Wildman–Crippen LogP) is 1.92. The molecule has 3 N–H and O–H groups in total. The van der Waals surface area contributed by atoms with Gasteiger partial charge in [0.05, 0.1) is 17.4 Å². The zero-order chi connectivity index (χ0) is 19.7. The summed E-state index contributed by atoms with van der Waals surface area (Å²) in [5, 5.41) is 8.22. The number of primary sulfonamides is 1. The largest absolute Gasteiger partial charge is 0.486 e. The molecule has 1 aliphatic heterocycles. The summed E-state index contributed by atoms with van der Waals surface area (Å²) in [5.41, 5.74) is 1.73. The van der Waals surface area contributed by atoms with Gasteiger partial charge in [0.1, 0.15) is 13.2 Å². The number of hydrogen-bond donors (Lipinski definition) is 2. The van der Waals surface area contributed by atoms with E-state index in [4.69, 9.17) is 14.6 Å². The number of sulfonamides is 1. The zero-order valence-corrected chi connectivity index (χ0v) is 16.1. The van der Waals surface area contributed by atoms with Crippen LogP contribution in [0, 0.1) is 5.92 Å². The smallest absolute Gasteiger partial charge is 0.238 e. The van der Waals surface area contributed by atoms with Gasteiger partial charge in [0, 0.05) is 0 Å². The fourth-order valence-corrected chi connectivity index (χ4v) is 3.88. The fraction of sp³-hybridized carbons (Fsp3) is 0.350. The summed E-state index contributed by atoms with van der Waals surface area (Å²) in [6.45, 7) is 1.06. The lowest BCUT2D eigenvalue weighted by Gasteiger charge is -2.23. The molecule has 1 amide bonds. The first-order chi connectivity index (χ1) is 13.4. The van der Waals surface area contributed by atoms with Crippen molar-refractivity contribution in [2.75, 3.05) is 13.2 Å². The van der Waals surface area contributed by atoms with Gasteiger partial charge in [-0.1, -0.05) is 18.2 Å². The number of nitrogens with two attached hydrogens (primary N) is 1. The van der Waals surface area contributed by atoms with E-state index in [1.807, 2.05) is 18.2 Å². The molecule has 4 rings (SSSR count). The van der Waals surface area contributed by atoms with Gasteiger partial charge in [-0.15, -0.1) is 0 Å². The maximum Gasteiger partial charge on any atom is 0.238 e. The van der Waals surface area contributed by atoms with Gasteiger partial charge < -0.3 is 14.8 Å². The van der Waals surface area contributed by atoms with Crippen LogP contribution < -0.4 is 19.9 Å². The lowest BCUT2D eigenvalue weighted by atomic mass is 10.0. The third kappa shape index (κ3) is 4.28. The number of hydrogen-bond acceptors (Lipinski definition) is 5. The van der Waals surface area contributed by atoms with E-state index in [2.05, 4.69) is 5.32 Å². The first-order valence-corrected chi connectivity index (χ1v) is 10.8. The molecule has 1 aliphatic carbocycles. The highest BCUT2D eigenvalue weighted by Gasteiger charge is 2.34. The normalized spacial score (nSPS) is 17.0. The lowest BCUT2D eigenvalue weighted by Crippen LogP contribution is -2.31. The molecule has 1 atom stereocenters. The minimum atomic E-state index is -3.74. The van der Waals surface area contributed by atoms with Crippen molar-refractivity contribution >= 4 is 15.9 Å². The molecule has 0 aromatic heterocycles. The van der Waals surface area contributed by atoms with Crippen molar-refractivity contribution in [1.29, 1.82) is 0 Å². The average molecular weight is 402 g/mol. The maximum absolute atomic E-state index is 12.6. The number of fused-ring (bicyclic) bond motifs is 1. The zero-order valence-electron chi connectivity index (χ0n) is 15.3. The van der Waals surface area contributed by atoms with E-state index in [1.165, 1.54) is 12.1 Å². The van der Waals surface area contributed by atoms with Crippen molar-refractivity contribution in [3.05, 3.63) is 53.6 Å². The number of ether oxygens (including phenoxy) is 2. The van der Waals surface area contributed by atoms with Crippen molar-refractivity contribution in [1.82, 2.24) is 5.32 Å². The maximum atomic E-state index is 12.6. The van der Waals surface area contributed by atoms with Crippen LogP contribution in [-0.2, 0) is 21.2 Å². The van der Waals surface area contributed by atoms with E-state index in [-0.39, 0.29) is 23.3 Å². The Balaban J connectivity index is 1.46. The van der Waals surface area contributed by atoms with Gasteiger partial charge in [0.2, 0.25) is 15.9 Å². The van der Waals surface area contributed by atoms with Crippen LogP contribution in [0.15, 0.2) is 47.4 Å². The van der Waals surface area contributed by atoms with Gasteiger partial charge in [-0.05, 0) is 54.2 Å². The molecule has 0 saturated heterocycles. The summed E-state index contributed by atoms with van der Waals surface area (Å²) >= 11 is 0. The van der Waals surface area contributed by atoms with E-state index in [1.54, 1.807) is 12.1 Å². The number of nitrogens with one attached hydrogen (secondary N) is 1. The molecule has 0 radical (unpaired) electrons.